The van der Waals surface area contributed by atoms with Gasteiger partial charge in [0.15, 0.2) is 5.65 Å². The van der Waals surface area contributed by atoms with E-state index in [1.165, 1.54) is 11.6 Å². The highest BCUT2D eigenvalue weighted by atomic mass is 16.4. The van der Waals surface area contributed by atoms with Crippen LogP contribution in [0.2, 0.25) is 0 Å². The summed E-state index contributed by atoms with van der Waals surface area (Å²) < 4.78 is 1.29. The van der Waals surface area contributed by atoms with Gasteiger partial charge in [0, 0.05) is 7.05 Å². The molecule has 17 heavy (non-hydrogen) atoms. The van der Waals surface area contributed by atoms with Crippen molar-refractivity contribution in [1.29, 1.82) is 0 Å². The normalized spacial score (nSPS) is 10.7. The van der Waals surface area contributed by atoms with Crippen LogP contribution < -0.4 is 0 Å². The zero-order valence-corrected chi connectivity index (χ0v) is 9.00. The molecule has 2 heterocycles. The maximum absolute atomic E-state index is 11.1. The van der Waals surface area contributed by atoms with Crippen LogP contribution in [0.5, 0.6) is 0 Å². The van der Waals surface area contributed by atoms with Crippen molar-refractivity contribution >= 4 is 23.1 Å². The molecule has 0 aliphatic heterocycles. The van der Waals surface area contributed by atoms with E-state index in [1.807, 2.05) is 0 Å². The van der Waals surface area contributed by atoms with Gasteiger partial charge < -0.3 is 10.2 Å². The summed E-state index contributed by atoms with van der Waals surface area (Å²) in [5.41, 5.74) is -0.403. The van der Waals surface area contributed by atoms with Gasteiger partial charge in [-0.25, -0.2) is 19.3 Å². The molecule has 0 aliphatic rings. The summed E-state index contributed by atoms with van der Waals surface area (Å²) >= 11 is 0. The number of aromatic carboxylic acids is 2. The van der Waals surface area contributed by atoms with Gasteiger partial charge in [0.1, 0.15) is 11.1 Å². The fraction of sp³-hybridized carbons (Fsp3) is 0.222. The summed E-state index contributed by atoms with van der Waals surface area (Å²) in [6, 6.07) is 0. The zero-order chi connectivity index (χ0) is 12.7. The maximum atomic E-state index is 11.1. The van der Waals surface area contributed by atoms with Gasteiger partial charge in [-0.15, -0.1) is 5.10 Å². The first-order chi connectivity index (χ1) is 7.93. The van der Waals surface area contributed by atoms with E-state index < -0.39 is 11.9 Å². The molecule has 2 aromatic heterocycles. The van der Waals surface area contributed by atoms with Crippen LogP contribution in [0, 0.1) is 6.92 Å². The third-order valence-electron chi connectivity index (χ3n) is 2.35. The largest absolute Gasteiger partial charge is 0.478 e. The van der Waals surface area contributed by atoms with Gasteiger partial charge in [0.2, 0.25) is 0 Å². The van der Waals surface area contributed by atoms with E-state index >= 15 is 0 Å². The van der Waals surface area contributed by atoms with Crippen molar-refractivity contribution < 1.29 is 19.8 Å². The van der Waals surface area contributed by atoms with E-state index in [4.69, 9.17) is 10.2 Å². The Morgan fingerprint density at radius 3 is 2.29 bits per heavy atom. The predicted octanol–water partition coefficient (Wildman–Crippen LogP) is 0.0681. The van der Waals surface area contributed by atoms with Gasteiger partial charge in [-0.3, -0.25) is 0 Å². The average Bonchev–Trinajstić information content (AvgIpc) is 2.57. The lowest BCUT2D eigenvalue weighted by molar-refractivity contribution is 0.0652. The van der Waals surface area contributed by atoms with Crippen LogP contribution in [0.25, 0.3) is 11.2 Å². The molecule has 2 aromatic rings. The van der Waals surface area contributed by atoms with Crippen molar-refractivity contribution in [3.05, 3.63) is 16.8 Å². The van der Waals surface area contributed by atoms with Crippen molar-refractivity contribution in [2.24, 2.45) is 7.05 Å². The minimum atomic E-state index is -1.36. The zero-order valence-electron chi connectivity index (χ0n) is 9.00. The van der Waals surface area contributed by atoms with Gasteiger partial charge in [0.25, 0.3) is 0 Å². The fourth-order valence-corrected chi connectivity index (χ4v) is 1.62. The molecular formula is C9H8N4O4. The molecular weight excluding hydrogens is 228 g/mol. The molecule has 0 unspecified atom stereocenters. The van der Waals surface area contributed by atoms with Crippen molar-refractivity contribution in [2.75, 3.05) is 0 Å². The molecule has 2 rings (SSSR count). The Balaban J connectivity index is 2.99. The Hall–Kier alpha value is -2.51. The second kappa shape index (κ2) is 3.51. The van der Waals surface area contributed by atoms with Crippen LogP contribution >= 0.6 is 0 Å². The Kier molecular flexibility index (Phi) is 2.27. The summed E-state index contributed by atoms with van der Waals surface area (Å²) in [6.45, 7) is 1.43. The van der Waals surface area contributed by atoms with E-state index in [2.05, 4.69) is 15.3 Å². The molecule has 0 saturated carbocycles. The van der Waals surface area contributed by atoms with E-state index in [9.17, 15) is 9.59 Å². The summed E-state index contributed by atoms with van der Waals surface area (Å²) in [5, 5.41) is 25.3. The van der Waals surface area contributed by atoms with Crippen molar-refractivity contribution in [3.63, 3.8) is 0 Å². The number of carboxylic acids is 2. The van der Waals surface area contributed by atoms with Crippen LogP contribution in [0.1, 0.15) is 26.4 Å². The first-order valence-electron chi connectivity index (χ1n) is 4.60. The van der Waals surface area contributed by atoms with Crippen LogP contribution in [0.3, 0.4) is 0 Å². The molecule has 8 nitrogen and oxygen atoms in total. The summed E-state index contributed by atoms with van der Waals surface area (Å²) in [7, 11) is 1.55. The van der Waals surface area contributed by atoms with Crippen LogP contribution in [-0.2, 0) is 7.05 Å². The van der Waals surface area contributed by atoms with Crippen molar-refractivity contribution in [2.45, 2.75) is 6.92 Å². The lowest BCUT2D eigenvalue weighted by Crippen LogP contribution is -2.13. The molecule has 0 atom stereocenters. The minimum Gasteiger partial charge on any atom is -0.478 e. The highest BCUT2D eigenvalue weighted by molar-refractivity contribution is 6.09. The number of rotatable bonds is 2. The Bertz CT molecular complexity index is 646. The molecule has 0 amide bonds. The standard InChI is InChI=1S/C9H8N4O4/c1-3-4(8(14)15)5(9(16)17)6-7(10-3)13(2)12-11-6/h1-2H3,(H,14,15)(H,16,17). The Morgan fingerprint density at radius 2 is 1.76 bits per heavy atom. The second-order valence-electron chi connectivity index (χ2n) is 3.44. The van der Waals surface area contributed by atoms with E-state index in [1.54, 1.807) is 7.05 Å². The number of hydrogen-bond donors (Lipinski definition) is 2. The number of carboxylic acid groups (broad SMARTS) is 2. The van der Waals surface area contributed by atoms with Gasteiger partial charge in [-0.2, -0.15) is 0 Å². The lowest BCUT2D eigenvalue weighted by Gasteiger charge is -2.05. The third-order valence-corrected chi connectivity index (χ3v) is 2.35. The lowest BCUT2D eigenvalue weighted by atomic mass is 10.1. The highest BCUT2D eigenvalue weighted by Crippen LogP contribution is 2.21. The number of aromatic nitrogens is 4. The van der Waals surface area contributed by atoms with E-state index in [0.717, 1.165) is 0 Å². The van der Waals surface area contributed by atoms with Crippen LogP contribution in [0.4, 0.5) is 0 Å². The molecule has 0 spiro atoms. The Morgan fingerprint density at radius 1 is 1.18 bits per heavy atom. The SMILES string of the molecule is Cc1nc2c(nnn2C)c(C(=O)O)c1C(=O)O. The summed E-state index contributed by atoms with van der Waals surface area (Å²) in [5.74, 6) is -2.71. The predicted molar refractivity (Wildman–Crippen MR) is 55.0 cm³/mol. The number of carbonyl (C=O) groups is 2. The van der Waals surface area contributed by atoms with Crippen molar-refractivity contribution in [3.8, 4) is 0 Å². The minimum absolute atomic E-state index is 0.0250. The number of aryl methyl sites for hydroxylation is 2. The number of pyridine rings is 1. The van der Waals surface area contributed by atoms with Gasteiger partial charge >= 0.3 is 11.9 Å². The van der Waals surface area contributed by atoms with E-state index in [-0.39, 0.29) is 28.0 Å². The van der Waals surface area contributed by atoms with Gasteiger partial charge in [-0.1, -0.05) is 5.21 Å². The molecule has 2 N–H and O–H groups in total. The average molecular weight is 236 g/mol. The number of hydrogen-bond acceptors (Lipinski definition) is 5. The number of fused-ring (bicyclic) bond motifs is 1. The van der Waals surface area contributed by atoms with E-state index in [0.29, 0.717) is 0 Å². The first-order valence-corrected chi connectivity index (χ1v) is 4.60. The van der Waals surface area contributed by atoms with Crippen LogP contribution in [-0.4, -0.2) is 42.1 Å². The summed E-state index contributed by atoms with van der Waals surface area (Å²) in [6.07, 6.45) is 0. The summed E-state index contributed by atoms with van der Waals surface area (Å²) in [4.78, 5) is 26.2. The third kappa shape index (κ3) is 1.50. The van der Waals surface area contributed by atoms with Gasteiger partial charge in [-0.05, 0) is 6.92 Å². The maximum Gasteiger partial charge on any atom is 0.339 e. The number of nitrogens with zero attached hydrogens (tertiary/aromatic N) is 4. The topological polar surface area (TPSA) is 118 Å². The smallest absolute Gasteiger partial charge is 0.339 e. The van der Waals surface area contributed by atoms with Gasteiger partial charge in [0.05, 0.1) is 11.3 Å². The second-order valence-corrected chi connectivity index (χ2v) is 3.44. The van der Waals surface area contributed by atoms with Crippen molar-refractivity contribution in [1.82, 2.24) is 20.0 Å². The van der Waals surface area contributed by atoms with Crippen LogP contribution in [0.15, 0.2) is 0 Å². The highest BCUT2D eigenvalue weighted by Gasteiger charge is 2.25. The molecule has 0 bridgehead atoms. The Labute approximate surface area is 94.5 Å². The quantitative estimate of drug-likeness (QED) is 0.757. The molecule has 0 saturated heterocycles. The molecule has 88 valence electrons. The molecule has 0 aromatic carbocycles. The molecule has 0 fully saturated rings. The monoisotopic (exact) mass is 236 g/mol. The first kappa shape index (κ1) is 11.0. The molecule has 0 radical (unpaired) electrons. The molecule has 8 heteroatoms. The fourth-order valence-electron chi connectivity index (χ4n) is 1.62. The molecule has 0 aliphatic carbocycles.